The van der Waals surface area contributed by atoms with Crippen LogP contribution in [-0.2, 0) is 20.8 Å². The van der Waals surface area contributed by atoms with Crippen molar-refractivity contribution in [2.45, 2.75) is 56.4 Å². The number of carbonyl (C=O) groups is 3. The summed E-state index contributed by atoms with van der Waals surface area (Å²) in [6, 6.07) is 17.3. The molecule has 2 aliphatic rings. The molecular formula is C27H30N2O3. The zero-order valence-corrected chi connectivity index (χ0v) is 18.3. The van der Waals surface area contributed by atoms with Crippen molar-refractivity contribution in [3.05, 3.63) is 78.4 Å². The van der Waals surface area contributed by atoms with Gasteiger partial charge in [0, 0.05) is 12.1 Å². The first-order valence-corrected chi connectivity index (χ1v) is 11.4. The summed E-state index contributed by atoms with van der Waals surface area (Å²) in [6.45, 7) is 3.75. The average molecular weight is 431 g/mol. The van der Waals surface area contributed by atoms with Gasteiger partial charge in [0.05, 0.1) is 0 Å². The summed E-state index contributed by atoms with van der Waals surface area (Å²) in [4.78, 5) is 39.0. The molecule has 2 unspecified atom stereocenters. The predicted octanol–water partition coefficient (Wildman–Crippen LogP) is 4.55. The van der Waals surface area contributed by atoms with Crippen LogP contribution in [0, 0.1) is 5.92 Å². The van der Waals surface area contributed by atoms with Crippen LogP contribution in [0.25, 0.3) is 0 Å². The molecule has 5 nitrogen and oxygen atoms in total. The smallest absolute Gasteiger partial charge is 0.244 e. The lowest BCUT2D eigenvalue weighted by Crippen LogP contribution is -2.48. The number of benzene rings is 2. The van der Waals surface area contributed by atoms with E-state index in [1.54, 1.807) is 6.08 Å². The van der Waals surface area contributed by atoms with Gasteiger partial charge in [0.15, 0.2) is 11.7 Å². The molecule has 5 heteroatoms. The van der Waals surface area contributed by atoms with Crippen LogP contribution in [0.2, 0.25) is 0 Å². The molecule has 2 aromatic carbocycles. The first kappa shape index (κ1) is 22.0. The van der Waals surface area contributed by atoms with E-state index in [1.165, 1.54) is 37.7 Å². The van der Waals surface area contributed by atoms with Crippen LogP contribution in [0.5, 0.6) is 0 Å². The van der Waals surface area contributed by atoms with Crippen molar-refractivity contribution in [1.82, 2.24) is 5.32 Å². The Morgan fingerprint density at radius 2 is 1.72 bits per heavy atom. The third-order valence-electron chi connectivity index (χ3n) is 6.72. The number of hydrogen-bond donors (Lipinski definition) is 2. The SMILES string of the molecule is C=CCC1(Cc2ccccc2)NC(=O)C(C(=O)Nc2ccc(C3CCCCC3)cc2)C1=O. The van der Waals surface area contributed by atoms with Crippen LogP contribution in [-0.4, -0.2) is 23.1 Å². The van der Waals surface area contributed by atoms with E-state index >= 15 is 0 Å². The van der Waals surface area contributed by atoms with Gasteiger partial charge in [-0.3, -0.25) is 14.4 Å². The number of rotatable bonds is 7. The minimum atomic E-state index is -1.36. The number of amides is 2. The van der Waals surface area contributed by atoms with Gasteiger partial charge in [-0.05, 0) is 48.4 Å². The molecule has 0 aromatic heterocycles. The quantitative estimate of drug-likeness (QED) is 0.500. The zero-order valence-electron chi connectivity index (χ0n) is 18.3. The molecule has 32 heavy (non-hydrogen) atoms. The van der Waals surface area contributed by atoms with E-state index in [0.29, 0.717) is 18.0 Å². The van der Waals surface area contributed by atoms with Crippen molar-refractivity contribution >= 4 is 23.3 Å². The van der Waals surface area contributed by atoms with Crippen molar-refractivity contribution in [2.24, 2.45) is 5.92 Å². The normalized spacial score (nSPS) is 23.6. The molecule has 1 heterocycles. The number of carbonyl (C=O) groups excluding carboxylic acids is 3. The molecule has 1 saturated heterocycles. The van der Waals surface area contributed by atoms with Crippen LogP contribution in [0.4, 0.5) is 5.69 Å². The third-order valence-corrected chi connectivity index (χ3v) is 6.72. The highest BCUT2D eigenvalue weighted by Crippen LogP contribution is 2.33. The maximum Gasteiger partial charge on any atom is 0.244 e. The van der Waals surface area contributed by atoms with Crippen LogP contribution >= 0.6 is 0 Å². The molecule has 0 radical (unpaired) electrons. The Balaban J connectivity index is 1.47. The van der Waals surface area contributed by atoms with Gasteiger partial charge in [-0.2, -0.15) is 0 Å². The predicted molar refractivity (Wildman–Crippen MR) is 125 cm³/mol. The Hall–Kier alpha value is -3.21. The van der Waals surface area contributed by atoms with E-state index in [1.807, 2.05) is 54.6 Å². The second-order valence-electron chi connectivity index (χ2n) is 8.97. The first-order chi connectivity index (χ1) is 15.5. The van der Waals surface area contributed by atoms with Crippen molar-refractivity contribution in [1.29, 1.82) is 0 Å². The largest absolute Gasteiger partial charge is 0.342 e. The molecule has 0 bridgehead atoms. The van der Waals surface area contributed by atoms with Crippen molar-refractivity contribution in [2.75, 3.05) is 5.32 Å². The molecule has 2 fully saturated rings. The molecule has 1 saturated carbocycles. The topological polar surface area (TPSA) is 75.3 Å². The van der Waals surface area contributed by atoms with Gasteiger partial charge in [0.25, 0.3) is 0 Å². The highest BCUT2D eigenvalue weighted by molar-refractivity contribution is 6.27. The van der Waals surface area contributed by atoms with E-state index in [0.717, 1.165) is 5.56 Å². The van der Waals surface area contributed by atoms with Gasteiger partial charge in [-0.15, -0.1) is 6.58 Å². The molecule has 166 valence electrons. The Labute approximate surface area is 189 Å². The van der Waals surface area contributed by atoms with E-state index in [-0.39, 0.29) is 6.42 Å². The minimum Gasteiger partial charge on any atom is -0.342 e. The molecule has 2 amide bonds. The van der Waals surface area contributed by atoms with Crippen LogP contribution in [0.1, 0.15) is 55.6 Å². The Morgan fingerprint density at radius 1 is 1.03 bits per heavy atom. The highest BCUT2D eigenvalue weighted by atomic mass is 16.2. The summed E-state index contributed by atoms with van der Waals surface area (Å²) in [7, 11) is 0. The van der Waals surface area contributed by atoms with Crippen LogP contribution in [0.3, 0.4) is 0 Å². The molecule has 0 spiro atoms. The summed E-state index contributed by atoms with van der Waals surface area (Å²) in [5, 5.41) is 5.59. The molecule has 4 rings (SSSR count). The summed E-state index contributed by atoms with van der Waals surface area (Å²) >= 11 is 0. The van der Waals surface area contributed by atoms with Crippen molar-refractivity contribution in [3.63, 3.8) is 0 Å². The number of ketones is 1. The number of nitrogens with one attached hydrogen (secondary N) is 2. The number of hydrogen-bond acceptors (Lipinski definition) is 3. The van der Waals surface area contributed by atoms with Gasteiger partial charge in [0.2, 0.25) is 11.8 Å². The fraction of sp³-hybridized carbons (Fsp3) is 0.370. The average Bonchev–Trinajstić information content (AvgIpc) is 3.05. The lowest BCUT2D eigenvalue weighted by molar-refractivity contribution is -0.135. The molecule has 1 aliphatic carbocycles. The minimum absolute atomic E-state index is 0.270. The lowest BCUT2D eigenvalue weighted by atomic mass is 9.82. The first-order valence-electron chi connectivity index (χ1n) is 11.4. The summed E-state index contributed by atoms with van der Waals surface area (Å²) < 4.78 is 0. The Bertz CT molecular complexity index is 993. The van der Waals surface area contributed by atoms with Crippen LogP contribution in [0.15, 0.2) is 67.3 Å². The van der Waals surface area contributed by atoms with E-state index in [9.17, 15) is 14.4 Å². The molecule has 1 aliphatic heterocycles. The van der Waals surface area contributed by atoms with E-state index in [4.69, 9.17) is 0 Å². The van der Waals surface area contributed by atoms with Gasteiger partial charge in [-0.25, -0.2) is 0 Å². The van der Waals surface area contributed by atoms with Crippen LogP contribution < -0.4 is 10.6 Å². The number of anilines is 1. The molecule has 2 atom stereocenters. The molecular weight excluding hydrogens is 400 g/mol. The summed E-state index contributed by atoms with van der Waals surface area (Å²) in [5.41, 5.74) is 1.65. The van der Waals surface area contributed by atoms with Crippen molar-refractivity contribution in [3.8, 4) is 0 Å². The van der Waals surface area contributed by atoms with Gasteiger partial charge in [0.1, 0.15) is 5.54 Å². The van der Waals surface area contributed by atoms with Crippen molar-refractivity contribution < 1.29 is 14.4 Å². The van der Waals surface area contributed by atoms with E-state index in [2.05, 4.69) is 17.2 Å². The fourth-order valence-corrected chi connectivity index (χ4v) is 5.04. The third kappa shape index (κ3) is 4.52. The summed E-state index contributed by atoms with van der Waals surface area (Å²) in [6.07, 6.45) is 8.45. The maximum atomic E-state index is 13.3. The zero-order chi connectivity index (χ0) is 22.6. The molecule has 2 aromatic rings. The Kier molecular flexibility index (Phi) is 6.54. The van der Waals surface area contributed by atoms with Gasteiger partial charge < -0.3 is 10.6 Å². The lowest BCUT2D eigenvalue weighted by Gasteiger charge is -2.26. The second-order valence-corrected chi connectivity index (χ2v) is 8.97. The number of Topliss-reactive ketones (excluding diaryl/α,β-unsaturated/α-hetero) is 1. The maximum absolute atomic E-state index is 13.3. The second kappa shape index (κ2) is 9.51. The Morgan fingerprint density at radius 3 is 2.38 bits per heavy atom. The van der Waals surface area contributed by atoms with Gasteiger partial charge in [-0.1, -0.05) is 67.8 Å². The van der Waals surface area contributed by atoms with E-state index < -0.39 is 29.1 Å². The monoisotopic (exact) mass is 430 g/mol. The molecule has 2 N–H and O–H groups in total. The highest BCUT2D eigenvalue weighted by Gasteiger charge is 2.54. The summed E-state index contributed by atoms with van der Waals surface area (Å²) in [5.74, 6) is -2.33. The van der Waals surface area contributed by atoms with Gasteiger partial charge >= 0.3 is 0 Å². The fourth-order valence-electron chi connectivity index (χ4n) is 5.04. The standard InChI is InChI=1S/C27H30N2O3/c1-2-17-27(18-19-9-5-3-6-10-19)24(30)23(26(32)29-27)25(31)28-22-15-13-21(14-16-22)20-11-7-4-8-12-20/h2-3,5-6,9-10,13-16,20,23H,1,4,7-8,11-12,17-18H2,(H,28,31)(H,29,32).